The first-order valence-electron chi connectivity index (χ1n) is 2.63. The Labute approximate surface area is 67.3 Å². The van der Waals surface area contributed by atoms with E-state index in [-0.39, 0.29) is 10.7 Å². The van der Waals surface area contributed by atoms with Crippen molar-refractivity contribution in [1.29, 1.82) is 0 Å². The molecular weight excluding hydrogens is 207 g/mol. The van der Waals surface area contributed by atoms with Crippen LogP contribution in [0, 0.1) is 0 Å². The molecule has 4 heteroatoms. The van der Waals surface area contributed by atoms with E-state index >= 15 is 0 Å². The molecule has 1 atom stereocenters. The van der Waals surface area contributed by atoms with E-state index in [0.717, 1.165) is 0 Å². The molecule has 0 aliphatic carbocycles. The van der Waals surface area contributed by atoms with Crippen molar-refractivity contribution in [2.45, 2.75) is 23.5 Å². The van der Waals surface area contributed by atoms with Crippen LogP contribution in [0.3, 0.4) is 0 Å². The number of carboxylic acid groups (broad SMARTS) is 1. The van der Waals surface area contributed by atoms with Gasteiger partial charge >= 0.3 is 5.97 Å². The van der Waals surface area contributed by atoms with Gasteiger partial charge in [0, 0.05) is 6.42 Å². The lowest BCUT2D eigenvalue weighted by molar-refractivity contribution is -0.137. The second-order valence-corrected chi connectivity index (χ2v) is 3.84. The zero-order valence-electron chi connectivity index (χ0n) is 4.81. The molecule has 0 fully saturated rings. The highest BCUT2D eigenvalue weighted by Crippen LogP contribution is 2.12. The predicted molar refractivity (Wildman–Crippen MR) is 40.1 cm³/mol. The van der Waals surface area contributed by atoms with Crippen LogP contribution in [0.4, 0.5) is 0 Å². The largest absolute Gasteiger partial charge is 0.481 e. The van der Waals surface area contributed by atoms with E-state index in [1.54, 1.807) is 0 Å². The first kappa shape index (κ1) is 9.24. The summed E-state index contributed by atoms with van der Waals surface area (Å²) >= 11 is 8.58. The Morgan fingerprint density at radius 1 is 1.78 bits per heavy atom. The fourth-order valence-electron chi connectivity index (χ4n) is 0.408. The van der Waals surface area contributed by atoms with Crippen molar-refractivity contribution in [2.24, 2.45) is 0 Å². The molecule has 1 unspecified atom stereocenters. The molecule has 0 aliphatic heterocycles. The number of hydrogen-bond donors (Lipinski definition) is 1. The Balaban J connectivity index is 3.01. The molecule has 0 amide bonds. The highest BCUT2D eigenvalue weighted by molar-refractivity contribution is 9.10. The lowest BCUT2D eigenvalue weighted by Gasteiger charge is -1.96. The SMILES string of the molecule is O=C(O)CCCC(Cl)Br. The van der Waals surface area contributed by atoms with Crippen molar-refractivity contribution >= 4 is 33.5 Å². The summed E-state index contributed by atoms with van der Waals surface area (Å²) in [5, 5.41) is 8.17. The molecule has 0 radical (unpaired) electrons. The Kier molecular flexibility index (Phi) is 5.19. The van der Waals surface area contributed by atoms with Crippen LogP contribution in [0.25, 0.3) is 0 Å². The fraction of sp³-hybridized carbons (Fsp3) is 0.800. The Morgan fingerprint density at radius 2 is 2.33 bits per heavy atom. The third-order valence-corrected chi connectivity index (χ3v) is 1.49. The lowest BCUT2D eigenvalue weighted by atomic mass is 10.2. The van der Waals surface area contributed by atoms with Crippen molar-refractivity contribution in [1.82, 2.24) is 0 Å². The normalized spacial score (nSPS) is 13.1. The van der Waals surface area contributed by atoms with Gasteiger partial charge in [0.2, 0.25) is 0 Å². The van der Waals surface area contributed by atoms with E-state index in [1.165, 1.54) is 0 Å². The zero-order valence-corrected chi connectivity index (χ0v) is 7.15. The highest BCUT2D eigenvalue weighted by atomic mass is 79.9. The second-order valence-electron chi connectivity index (χ2n) is 1.68. The van der Waals surface area contributed by atoms with Crippen LogP contribution in [0.15, 0.2) is 0 Å². The van der Waals surface area contributed by atoms with E-state index in [1.807, 2.05) is 0 Å². The van der Waals surface area contributed by atoms with Crippen LogP contribution in [0.5, 0.6) is 0 Å². The molecule has 0 aliphatic rings. The van der Waals surface area contributed by atoms with Crippen LogP contribution in [-0.4, -0.2) is 15.4 Å². The van der Waals surface area contributed by atoms with E-state index in [0.29, 0.717) is 12.8 Å². The van der Waals surface area contributed by atoms with Gasteiger partial charge in [-0.3, -0.25) is 4.79 Å². The minimum atomic E-state index is -0.764. The minimum Gasteiger partial charge on any atom is -0.481 e. The summed E-state index contributed by atoms with van der Waals surface area (Å²) in [7, 11) is 0. The molecule has 0 saturated carbocycles. The van der Waals surface area contributed by atoms with Gasteiger partial charge in [-0.25, -0.2) is 0 Å². The quantitative estimate of drug-likeness (QED) is 0.730. The molecule has 0 aromatic carbocycles. The van der Waals surface area contributed by atoms with Crippen LogP contribution >= 0.6 is 27.5 Å². The molecule has 9 heavy (non-hydrogen) atoms. The number of rotatable bonds is 4. The Hall–Kier alpha value is 0.240. The standard InChI is InChI=1S/C5H8BrClO2/c6-4(7)2-1-3-5(8)9/h4H,1-3H2,(H,8,9). The summed E-state index contributed by atoms with van der Waals surface area (Å²) in [6.07, 6.45) is 1.54. The van der Waals surface area contributed by atoms with Gasteiger partial charge in [-0.1, -0.05) is 15.9 Å². The van der Waals surface area contributed by atoms with Gasteiger partial charge < -0.3 is 5.11 Å². The van der Waals surface area contributed by atoms with E-state index < -0.39 is 5.97 Å². The van der Waals surface area contributed by atoms with Gasteiger partial charge in [-0.05, 0) is 12.8 Å². The van der Waals surface area contributed by atoms with Crippen LogP contribution in [0.2, 0.25) is 0 Å². The van der Waals surface area contributed by atoms with Gasteiger partial charge in [-0.2, -0.15) is 0 Å². The average Bonchev–Trinajstić information content (AvgIpc) is 1.63. The molecule has 0 rings (SSSR count). The maximum atomic E-state index is 9.92. The molecular formula is C5H8BrClO2. The Bertz CT molecular complexity index is 95.0. The van der Waals surface area contributed by atoms with E-state index in [9.17, 15) is 4.79 Å². The van der Waals surface area contributed by atoms with E-state index in [2.05, 4.69) is 15.9 Å². The van der Waals surface area contributed by atoms with Gasteiger partial charge in [0.25, 0.3) is 0 Å². The maximum absolute atomic E-state index is 9.92. The monoisotopic (exact) mass is 214 g/mol. The van der Waals surface area contributed by atoms with Gasteiger partial charge in [-0.15, -0.1) is 11.6 Å². The van der Waals surface area contributed by atoms with Crippen LogP contribution in [0.1, 0.15) is 19.3 Å². The van der Waals surface area contributed by atoms with Gasteiger partial charge in [0.05, 0.1) is 4.29 Å². The number of hydrogen-bond acceptors (Lipinski definition) is 1. The number of alkyl halides is 2. The summed E-state index contributed by atoms with van der Waals surface area (Å²) in [6.45, 7) is 0. The van der Waals surface area contributed by atoms with Crippen LogP contribution in [-0.2, 0) is 4.79 Å². The highest BCUT2D eigenvalue weighted by Gasteiger charge is 2.00. The third kappa shape index (κ3) is 8.24. The molecule has 1 N–H and O–H groups in total. The summed E-state index contributed by atoms with van der Waals surface area (Å²) in [6, 6.07) is 0. The molecule has 2 nitrogen and oxygen atoms in total. The topological polar surface area (TPSA) is 37.3 Å². The Morgan fingerprint density at radius 3 is 2.67 bits per heavy atom. The van der Waals surface area contributed by atoms with Crippen molar-refractivity contribution in [3.05, 3.63) is 0 Å². The van der Waals surface area contributed by atoms with Crippen LogP contribution < -0.4 is 0 Å². The third-order valence-electron chi connectivity index (χ3n) is 0.813. The number of halogens is 2. The summed E-state index contributed by atoms with van der Waals surface area (Å²) < 4.78 is -0.0863. The predicted octanol–water partition coefficient (Wildman–Crippen LogP) is 2.20. The molecule has 0 spiro atoms. The van der Waals surface area contributed by atoms with Crippen molar-refractivity contribution < 1.29 is 9.90 Å². The smallest absolute Gasteiger partial charge is 0.303 e. The second kappa shape index (κ2) is 5.06. The summed E-state index contributed by atoms with van der Waals surface area (Å²) in [4.78, 5) is 9.92. The average molecular weight is 215 g/mol. The first-order chi connectivity index (χ1) is 4.13. The first-order valence-corrected chi connectivity index (χ1v) is 3.98. The molecule has 0 bridgehead atoms. The van der Waals surface area contributed by atoms with Crippen molar-refractivity contribution in [3.63, 3.8) is 0 Å². The fourth-order valence-corrected chi connectivity index (χ4v) is 0.886. The van der Waals surface area contributed by atoms with Crippen molar-refractivity contribution in [2.75, 3.05) is 0 Å². The lowest BCUT2D eigenvalue weighted by Crippen LogP contribution is -1.95. The molecule has 0 aromatic rings. The maximum Gasteiger partial charge on any atom is 0.303 e. The number of carbonyl (C=O) groups is 1. The molecule has 54 valence electrons. The van der Waals surface area contributed by atoms with Gasteiger partial charge in [0.15, 0.2) is 0 Å². The molecule has 0 saturated heterocycles. The van der Waals surface area contributed by atoms with Gasteiger partial charge in [0.1, 0.15) is 0 Å². The number of carboxylic acids is 1. The summed E-state index contributed by atoms with van der Waals surface area (Å²) in [5.74, 6) is -0.764. The molecule has 0 heterocycles. The van der Waals surface area contributed by atoms with E-state index in [4.69, 9.17) is 16.7 Å². The minimum absolute atomic E-state index is 0.0863. The zero-order chi connectivity index (χ0) is 7.28. The molecule has 0 aromatic heterocycles. The number of aliphatic carboxylic acids is 1. The summed E-state index contributed by atoms with van der Waals surface area (Å²) in [5.41, 5.74) is 0. The van der Waals surface area contributed by atoms with Crippen molar-refractivity contribution in [3.8, 4) is 0 Å².